The molecule has 0 heterocycles. The van der Waals surface area contributed by atoms with Crippen LogP contribution in [0.4, 0.5) is 5.69 Å². The van der Waals surface area contributed by atoms with Gasteiger partial charge in [-0.1, -0.05) is 49.1 Å². The summed E-state index contributed by atoms with van der Waals surface area (Å²) in [7, 11) is -2.26. The van der Waals surface area contributed by atoms with E-state index in [0.29, 0.717) is 22.0 Å². The highest BCUT2D eigenvalue weighted by molar-refractivity contribution is 7.92. The number of rotatable bonds is 10. The second kappa shape index (κ2) is 12.6. The van der Waals surface area contributed by atoms with Crippen molar-refractivity contribution in [1.29, 1.82) is 0 Å². The van der Waals surface area contributed by atoms with Crippen molar-refractivity contribution in [3.05, 3.63) is 58.6 Å². The number of sulfonamides is 1. The van der Waals surface area contributed by atoms with Crippen molar-refractivity contribution in [2.75, 3.05) is 24.2 Å². The van der Waals surface area contributed by atoms with Crippen LogP contribution in [0.1, 0.15) is 50.2 Å². The summed E-state index contributed by atoms with van der Waals surface area (Å²) in [4.78, 5) is 28.4. The first-order chi connectivity index (χ1) is 17.5. The van der Waals surface area contributed by atoms with Gasteiger partial charge in [0.15, 0.2) is 0 Å². The van der Waals surface area contributed by atoms with Gasteiger partial charge >= 0.3 is 0 Å². The van der Waals surface area contributed by atoms with Crippen molar-refractivity contribution >= 4 is 39.1 Å². The van der Waals surface area contributed by atoms with Gasteiger partial charge in [-0.2, -0.15) is 0 Å². The number of hydrogen-bond donors (Lipinski definition) is 1. The van der Waals surface area contributed by atoms with E-state index in [-0.39, 0.29) is 18.5 Å². The average molecular weight is 550 g/mol. The minimum absolute atomic E-state index is 0.0864. The molecular weight excluding hydrogens is 514 g/mol. The smallest absolute Gasteiger partial charge is 0.244 e. The number of ether oxygens (including phenoxy) is 1. The fourth-order valence-electron chi connectivity index (χ4n) is 4.54. The SMILES string of the molecule is COc1ccc(CN(C(=O)CN(c2cccc(Cl)c2C)S(C)(=O)=O)[C@H](C)C(=O)NC2CCCCC2)cc1. The minimum atomic E-state index is -3.83. The molecule has 10 heteroatoms. The van der Waals surface area contributed by atoms with E-state index >= 15 is 0 Å². The van der Waals surface area contributed by atoms with E-state index < -0.39 is 28.5 Å². The molecule has 1 aliphatic rings. The number of nitrogens with one attached hydrogen (secondary N) is 1. The van der Waals surface area contributed by atoms with E-state index in [1.165, 1.54) is 4.90 Å². The molecule has 2 aromatic rings. The van der Waals surface area contributed by atoms with E-state index in [1.807, 2.05) is 12.1 Å². The predicted molar refractivity (Wildman–Crippen MR) is 146 cm³/mol. The number of carbonyl (C=O) groups is 2. The molecule has 8 nitrogen and oxygen atoms in total. The highest BCUT2D eigenvalue weighted by atomic mass is 35.5. The van der Waals surface area contributed by atoms with Gasteiger partial charge in [0.05, 0.1) is 19.1 Å². The topological polar surface area (TPSA) is 96.0 Å². The third kappa shape index (κ3) is 7.61. The molecule has 3 rings (SSSR count). The van der Waals surface area contributed by atoms with Gasteiger partial charge in [-0.25, -0.2) is 8.42 Å². The van der Waals surface area contributed by atoms with Crippen molar-refractivity contribution in [2.45, 2.75) is 64.6 Å². The number of anilines is 1. The Morgan fingerprint density at radius 3 is 2.35 bits per heavy atom. The van der Waals surface area contributed by atoms with Crippen molar-refractivity contribution in [3.8, 4) is 5.75 Å². The van der Waals surface area contributed by atoms with Crippen molar-refractivity contribution < 1.29 is 22.7 Å². The van der Waals surface area contributed by atoms with Gasteiger partial charge in [-0.05, 0) is 62.1 Å². The monoisotopic (exact) mass is 549 g/mol. The van der Waals surface area contributed by atoms with E-state index in [9.17, 15) is 18.0 Å². The Hall–Kier alpha value is -2.78. The molecule has 1 N–H and O–H groups in total. The van der Waals surface area contributed by atoms with Crippen molar-refractivity contribution in [2.24, 2.45) is 0 Å². The summed E-state index contributed by atoms with van der Waals surface area (Å²) < 4.78 is 31.8. The highest BCUT2D eigenvalue weighted by Gasteiger charge is 2.31. The maximum Gasteiger partial charge on any atom is 0.244 e. The molecule has 2 aromatic carbocycles. The van der Waals surface area contributed by atoms with E-state index in [4.69, 9.17) is 16.3 Å². The Morgan fingerprint density at radius 1 is 1.11 bits per heavy atom. The zero-order valence-electron chi connectivity index (χ0n) is 21.9. The first kappa shape index (κ1) is 28.8. The zero-order valence-corrected chi connectivity index (χ0v) is 23.4. The Labute approximate surface area is 225 Å². The normalized spacial score (nSPS) is 15.1. The number of benzene rings is 2. The highest BCUT2D eigenvalue weighted by Crippen LogP contribution is 2.28. The van der Waals surface area contributed by atoms with E-state index in [0.717, 1.165) is 48.2 Å². The lowest BCUT2D eigenvalue weighted by Crippen LogP contribution is -2.53. The maximum atomic E-state index is 13.7. The first-order valence-corrected chi connectivity index (χ1v) is 14.7. The van der Waals surface area contributed by atoms with Gasteiger partial charge in [-0.3, -0.25) is 13.9 Å². The van der Waals surface area contributed by atoms with Crippen LogP contribution in [0.15, 0.2) is 42.5 Å². The Kier molecular flexibility index (Phi) is 9.84. The molecule has 1 atom stereocenters. The summed E-state index contributed by atoms with van der Waals surface area (Å²) in [5.41, 5.74) is 1.66. The lowest BCUT2D eigenvalue weighted by Gasteiger charge is -2.33. The molecule has 1 aliphatic carbocycles. The third-order valence-electron chi connectivity index (χ3n) is 6.82. The number of amides is 2. The minimum Gasteiger partial charge on any atom is -0.497 e. The molecule has 1 fully saturated rings. The van der Waals surface area contributed by atoms with Crippen LogP contribution in [0.25, 0.3) is 0 Å². The zero-order chi connectivity index (χ0) is 27.2. The average Bonchev–Trinajstić information content (AvgIpc) is 2.87. The molecule has 0 radical (unpaired) electrons. The lowest BCUT2D eigenvalue weighted by atomic mass is 9.95. The van der Waals surface area contributed by atoms with Gasteiger partial charge in [0, 0.05) is 17.6 Å². The van der Waals surface area contributed by atoms with Crippen LogP contribution < -0.4 is 14.4 Å². The molecule has 0 aliphatic heterocycles. The van der Waals surface area contributed by atoms with E-state index in [1.54, 1.807) is 51.3 Å². The molecule has 0 saturated heterocycles. The summed E-state index contributed by atoms with van der Waals surface area (Å²) in [5, 5.41) is 3.48. The van der Waals surface area contributed by atoms with Crippen LogP contribution in [-0.2, 0) is 26.2 Å². The predicted octanol–water partition coefficient (Wildman–Crippen LogP) is 4.29. The van der Waals surface area contributed by atoms with Gasteiger partial charge in [0.2, 0.25) is 21.8 Å². The number of methoxy groups -OCH3 is 1. The Balaban J connectivity index is 1.90. The Bertz CT molecular complexity index is 1200. The summed E-state index contributed by atoms with van der Waals surface area (Å²) in [6.07, 6.45) is 6.18. The molecule has 2 amide bonds. The molecule has 1 saturated carbocycles. The number of carbonyl (C=O) groups excluding carboxylic acids is 2. The Morgan fingerprint density at radius 2 is 1.76 bits per heavy atom. The fourth-order valence-corrected chi connectivity index (χ4v) is 5.61. The van der Waals surface area contributed by atoms with Crippen LogP contribution in [0, 0.1) is 6.92 Å². The maximum absolute atomic E-state index is 13.7. The quantitative estimate of drug-likeness (QED) is 0.477. The lowest BCUT2D eigenvalue weighted by molar-refractivity contribution is -0.139. The fraction of sp³-hybridized carbons (Fsp3) is 0.481. The summed E-state index contributed by atoms with van der Waals surface area (Å²) in [6.45, 7) is 3.05. The van der Waals surface area contributed by atoms with Gasteiger partial charge < -0.3 is 15.0 Å². The summed E-state index contributed by atoms with van der Waals surface area (Å²) >= 11 is 6.24. The van der Waals surface area contributed by atoms with Gasteiger partial charge in [0.1, 0.15) is 18.3 Å². The van der Waals surface area contributed by atoms with Gasteiger partial charge in [-0.15, -0.1) is 0 Å². The molecule has 0 aromatic heterocycles. The summed E-state index contributed by atoms with van der Waals surface area (Å²) in [6, 6.07) is 11.4. The molecule has 202 valence electrons. The van der Waals surface area contributed by atoms with E-state index in [2.05, 4.69) is 5.32 Å². The second-order valence-electron chi connectivity index (χ2n) is 9.54. The molecule has 0 unspecified atom stereocenters. The second-order valence-corrected chi connectivity index (χ2v) is 11.9. The third-order valence-corrected chi connectivity index (χ3v) is 8.35. The number of hydrogen-bond acceptors (Lipinski definition) is 5. The molecule has 37 heavy (non-hydrogen) atoms. The number of nitrogens with zero attached hydrogens (tertiary/aromatic N) is 2. The largest absolute Gasteiger partial charge is 0.497 e. The van der Waals surface area contributed by atoms with Crippen molar-refractivity contribution in [1.82, 2.24) is 10.2 Å². The summed E-state index contributed by atoms with van der Waals surface area (Å²) in [5.74, 6) is -0.0742. The van der Waals surface area contributed by atoms with Crippen LogP contribution in [-0.4, -0.2) is 57.1 Å². The van der Waals surface area contributed by atoms with Crippen molar-refractivity contribution in [3.63, 3.8) is 0 Å². The van der Waals surface area contributed by atoms with Gasteiger partial charge in [0.25, 0.3) is 0 Å². The van der Waals surface area contributed by atoms with Crippen LogP contribution in [0.5, 0.6) is 5.75 Å². The molecular formula is C27H36ClN3O5S. The first-order valence-electron chi connectivity index (χ1n) is 12.5. The van der Waals surface area contributed by atoms with Crippen LogP contribution in [0.2, 0.25) is 5.02 Å². The molecule has 0 bridgehead atoms. The number of halogens is 1. The van der Waals surface area contributed by atoms with Crippen LogP contribution >= 0.6 is 11.6 Å². The standard InChI is InChI=1S/C27H36ClN3O5S/c1-19-24(28)11-8-12-25(19)31(37(4,34)35)18-26(32)30(17-21-13-15-23(36-3)16-14-21)20(2)27(33)29-22-9-6-5-7-10-22/h8,11-16,20,22H,5-7,9-10,17-18H2,1-4H3,(H,29,33)/t20-/m1/s1. The molecule has 0 spiro atoms. The van der Waals surface area contributed by atoms with Crippen LogP contribution in [0.3, 0.4) is 0 Å².